The van der Waals surface area contributed by atoms with Gasteiger partial charge in [0, 0.05) is 5.92 Å². The molecule has 1 unspecified atom stereocenters. The van der Waals surface area contributed by atoms with E-state index >= 15 is 0 Å². The molecule has 1 atom stereocenters. The summed E-state index contributed by atoms with van der Waals surface area (Å²) in [6.07, 6.45) is 14.2. The molecule has 1 rings (SSSR count). The molecule has 0 saturated heterocycles. The highest BCUT2D eigenvalue weighted by atomic mass is 16.9. The lowest BCUT2D eigenvalue weighted by Gasteiger charge is -2.40. The Bertz CT molecular complexity index is 592. The highest BCUT2D eigenvalue weighted by Gasteiger charge is 2.42. The summed E-state index contributed by atoms with van der Waals surface area (Å²) >= 11 is 0. The second-order valence-electron chi connectivity index (χ2n) is 9.23. The van der Waals surface area contributed by atoms with E-state index in [1.54, 1.807) is 0 Å². The zero-order valence-electron chi connectivity index (χ0n) is 22.8. The van der Waals surface area contributed by atoms with Gasteiger partial charge in [0.1, 0.15) is 0 Å². The van der Waals surface area contributed by atoms with Crippen molar-refractivity contribution in [2.75, 3.05) is 26.4 Å². The van der Waals surface area contributed by atoms with Gasteiger partial charge >= 0.3 is 0 Å². The van der Waals surface area contributed by atoms with Crippen LogP contribution in [-0.2, 0) is 18.9 Å². The summed E-state index contributed by atoms with van der Waals surface area (Å²) in [4.78, 5) is 0. The van der Waals surface area contributed by atoms with Crippen LogP contribution >= 0.6 is 0 Å². The van der Waals surface area contributed by atoms with Gasteiger partial charge in [-0.1, -0.05) is 96.6 Å². The number of ether oxygens (including phenoxy) is 4. The summed E-state index contributed by atoms with van der Waals surface area (Å²) in [5, 5.41) is 0. The van der Waals surface area contributed by atoms with E-state index < -0.39 is 5.97 Å². The zero-order valence-corrected chi connectivity index (χ0v) is 22.8. The van der Waals surface area contributed by atoms with Gasteiger partial charge in [0.15, 0.2) is 0 Å². The number of hydrogen-bond acceptors (Lipinski definition) is 4. The maximum absolute atomic E-state index is 6.37. The van der Waals surface area contributed by atoms with Gasteiger partial charge in [0.2, 0.25) is 0 Å². The van der Waals surface area contributed by atoms with Gasteiger partial charge in [-0.3, -0.25) is 0 Å². The predicted octanol–water partition coefficient (Wildman–Crippen LogP) is 8.75. The fraction of sp³-hybridized carbons (Fsp3) is 0.733. The molecule has 4 nitrogen and oxygen atoms in total. The molecule has 0 aliphatic rings. The fourth-order valence-corrected chi connectivity index (χ4v) is 4.04. The topological polar surface area (TPSA) is 36.9 Å². The lowest BCUT2D eigenvalue weighted by molar-refractivity contribution is -0.407. The Morgan fingerprint density at radius 1 is 0.706 bits per heavy atom. The third-order valence-electron chi connectivity index (χ3n) is 6.00. The molecule has 1 aromatic rings. The minimum Gasteiger partial charge on any atom is -0.501 e. The smallest absolute Gasteiger partial charge is 0.286 e. The molecule has 1 aromatic carbocycles. The second kappa shape index (κ2) is 19.9. The van der Waals surface area contributed by atoms with Crippen LogP contribution in [0.5, 0.6) is 0 Å². The van der Waals surface area contributed by atoms with Crippen molar-refractivity contribution in [2.24, 2.45) is 5.92 Å². The van der Waals surface area contributed by atoms with E-state index in [0.717, 1.165) is 44.1 Å². The van der Waals surface area contributed by atoms with Crippen LogP contribution in [0.1, 0.15) is 111 Å². The Kier molecular flexibility index (Phi) is 17.9. The van der Waals surface area contributed by atoms with E-state index in [2.05, 4.69) is 58.9 Å². The lowest BCUT2D eigenvalue weighted by Crippen LogP contribution is -2.47. The highest BCUT2D eigenvalue weighted by molar-refractivity contribution is 5.62. The predicted molar refractivity (Wildman–Crippen MR) is 144 cm³/mol. The number of hydrogen-bond donors (Lipinski definition) is 0. The third-order valence-corrected chi connectivity index (χ3v) is 6.00. The third kappa shape index (κ3) is 12.4. The molecule has 0 aromatic heterocycles. The number of benzene rings is 1. The first-order valence-corrected chi connectivity index (χ1v) is 13.9. The van der Waals surface area contributed by atoms with E-state index in [0.29, 0.717) is 26.4 Å². The largest absolute Gasteiger partial charge is 0.501 e. The molecule has 0 heterocycles. The maximum Gasteiger partial charge on any atom is 0.286 e. The Morgan fingerprint density at radius 2 is 1.26 bits per heavy atom. The van der Waals surface area contributed by atoms with Crippen molar-refractivity contribution < 1.29 is 18.9 Å². The standard InChI is InChI=1S/C30H52O4/c1-6-10-11-12-13-17-20-29(21-25-31-26-27(5)28-18-15-14-16-19-28)30(32-22-7-2,33-23-8-3)34-24-9-4/h14-16,18-19,26,29H,6-13,17,20-25H2,1-5H3. The molecular weight excluding hydrogens is 424 g/mol. The van der Waals surface area contributed by atoms with Crippen molar-refractivity contribution in [3.63, 3.8) is 0 Å². The molecule has 0 aliphatic carbocycles. The summed E-state index contributed by atoms with van der Waals surface area (Å²) in [6, 6.07) is 10.4. The highest BCUT2D eigenvalue weighted by Crippen LogP contribution is 2.34. The van der Waals surface area contributed by atoms with Crippen LogP contribution in [0.25, 0.3) is 5.57 Å². The molecule has 0 spiro atoms. The first-order chi connectivity index (χ1) is 16.6. The molecule has 0 aliphatic heterocycles. The van der Waals surface area contributed by atoms with Crippen molar-refractivity contribution in [3.05, 3.63) is 42.2 Å². The van der Waals surface area contributed by atoms with Gasteiger partial charge in [0.05, 0.1) is 32.7 Å². The Morgan fingerprint density at radius 3 is 1.82 bits per heavy atom. The quantitative estimate of drug-likeness (QED) is 0.0952. The van der Waals surface area contributed by atoms with Crippen molar-refractivity contribution in [1.29, 1.82) is 0 Å². The maximum atomic E-state index is 6.37. The molecule has 0 saturated carbocycles. The van der Waals surface area contributed by atoms with Crippen LogP contribution in [0.15, 0.2) is 36.6 Å². The van der Waals surface area contributed by atoms with E-state index in [1.165, 1.54) is 37.7 Å². The van der Waals surface area contributed by atoms with Gasteiger partial charge in [-0.25, -0.2) is 0 Å². The summed E-state index contributed by atoms with van der Waals surface area (Å²) in [7, 11) is 0. The molecule has 0 bridgehead atoms. The molecule has 34 heavy (non-hydrogen) atoms. The van der Waals surface area contributed by atoms with Gasteiger partial charge < -0.3 is 18.9 Å². The van der Waals surface area contributed by atoms with Crippen molar-refractivity contribution >= 4 is 5.57 Å². The van der Waals surface area contributed by atoms with E-state index in [9.17, 15) is 0 Å². The molecule has 0 N–H and O–H groups in total. The molecule has 4 heteroatoms. The number of allylic oxidation sites excluding steroid dienone is 1. The van der Waals surface area contributed by atoms with E-state index in [-0.39, 0.29) is 5.92 Å². The van der Waals surface area contributed by atoms with Gasteiger partial charge in [-0.2, -0.15) is 0 Å². The molecule has 0 amide bonds. The van der Waals surface area contributed by atoms with E-state index in [1.807, 2.05) is 12.3 Å². The molecule has 196 valence electrons. The average molecular weight is 477 g/mol. The van der Waals surface area contributed by atoms with Crippen molar-refractivity contribution in [3.8, 4) is 0 Å². The van der Waals surface area contributed by atoms with Crippen molar-refractivity contribution in [1.82, 2.24) is 0 Å². The summed E-state index contributed by atoms with van der Waals surface area (Å²) < 4.78 is 25.1. The van der Waals surface area contributed by atoms with Crippen LogP contribution in [0.4, 0.5) is 0 Å². The average Bonchev–Trinajstić information content (AvgIpc) is 2.87. The van der Waals surface area contributed by atoms with Crippen LogP contribution in [0.2, 0.25) is 0 Å². The Balaban J connectivity index is 2.89. The first kappa shape index (κ1) is 30.7. The first-order valence-electron chi connectivity index (χ1n) is 13.9. The van der Waals surface area contributed by atoms with Crippen LogP contribution in [-0.4, -0.2) is 32.4 Å². The van der Waals surface area contributed by atoms with E-state index in [4.69, 9.17) is 18.9 Å². The van der Waals surface area contributed by atoms with Crippen molar-refractivity contribution in [2.45, 2.75) is 111 Å². The van der Waals surface area contributed by atoms with Crippen LogP contribution < -0.4 is 0 Å². The SMILES string of the molecule is CCCCCCCCC(CCOC=C(C)c1ccccc1)C(OCCC)(OCCC)OCCC. The summed E-state index contributed by atoms with van der Waals surface area (Å²) in [6.45, 7) is 13.3. The normalized spacial score (nSPS) is 13.3. The van der Waals surface area contributed by atoms with Crippen LogP contribution in [0, 0.1) is 5.92 Å². The second-order valence-corrected chi connectivity index (χ2v) is 9.23. The van der Waals surface area contributed by atoms with Gasteiger partial charge in [-0.15, -0.1) is 0 Å². The Labute approximate surface area is 210 Å². The molecule has 0 radical (unpaired) electrons. The molecule has 0 fully saturated rings. The monoisotopic (exact) mass is 476 g/mol. The Hall–Kier alpha value is -1.36. The summed E-state index contributed by atoms with van der Waals surface area (Å²) in [5.74, 6) is -0.846. The number of unbranched alkanes of at least 4 members (excludes halogenated alkanes) is 5. The van der Waals surface area contributed by atoms with Gasteiger partial charge in [0.25, 0.3) is 5.97 Å². The fourth-order valence-electron chi connectivity index (χ4n) is 4.04. The minimum absolute atomic E-state index is 0.133. The van der Waals surface area contributed by atoms with Gasteiger partial charge in [-0.05, 0) is 50.2 Å². The van der Waals surface area contributed by atoms with Crippen LogP contribution in [0.3, 0.4) is 0 Å². The lowest BCUT2D eigenvalue weighted by atomic mass is 9.94. The summed E-state index contributed by atoms with van der Waals surface area (Å²) in [5.41, 5.74) is 2.32. The number of rotatable bonds is 22. The molecular formula is C30H52O4. The minimum atomic E-state index is -0.979. The zero-order chi connectivity index (χ0) is 24.9.